The standard InChI is InChI=1S/C50H51ClO5/c1-2-36-23-25-37(26-24-36)29-43-30-42(27-28-45(43)51)46-47(52)44(35-53-31-38-15-7-3-8-16-38)48(54-32-39-17-9-4-10-18-39)50(56-34-41-21-13-6-14-22-41)49(46)55-33-40-19-11-5-12-20-40/h3-28,30,44,46-50,52H,2,29,31-35H2,1H3/t44?,46-,47+,48-,49+,50+/m1/s1. The zero-order chi connectivity index (χ0) is 38.5. The lowest BCUT2D eigenvalue weighted by Crippen LogP contribution is -2.60. The molecule has 0 amide bonds. The largest absolute Gasteiger partial charge is 0.392 e. The topological polar surface area (TPSA) is 57.2 Å². The molecular formula is C50H51ClO5. The van der Waals surface area contributed by atoms with Crippen LogP contribution in [0.3, 0.4) is 0 Å². The van der Waals surface area contributed by atoms with Crippen LogP contribution in [0.1, 0.15) is 57.3 Å². The van der Waals surface area contributed by atoms with E-state index < -0.39 is 36.3 Å². The Labute approximate surface area is 336 Å². The van der Waals surface area contributed by atoms with Gasteiger partial charge in [0.25, 0.3) is 0 Å². The van der Waals surface area contributed by atoms with Crippen LogP contribution in [0, 0.1) is 5.92 Å². The van der Waals surface area contributed by atoms with Crippen molar-refractivity contribution < 1.29 is 24.1 Å². The number of hydrogen-bond acceptors (Lipinski definition) is 5. The number of rotatable bonds is 17. The molecule has 6 aromatic carbocycles. The molecular weight excluding hydrogens is 716 g/mol. The first kappa shape index (κ1) is 39.6. The number of benzene rings is 6. The normalized spacial score (nSPS) is 20.8. The SMILES string of the molecule is CCc1ccc(Cc2cc([C@H]3[C@H](OCc4ccccc4)[C@@H](OCc4ccccc4)[C@H](OCc4ccccc4)C(COCc4ccccc4)[C@@H]3O)ccc2Cl)cc1. The smallest absolute Gasteiger partial charge is 0.111 e. The molecule has 0 bridgehead atoms. The lowest BCUT2D eigenvalue weighted by molar-refractivity contribution is -0.228. The van der Waals surface area contributed by atoms with Crippen molar-refractivity contribution in [2.75, 3.05) is 6.61 Å². The molecule has 1 fully saturated rings. The molecule has 0 saturated heterocycles. The third-order valence-corrected chi connectivity index (χ3v) is 11.2. The Bertz CT molecular complexity index is 2040. The molecule has 0 spiro atoms. The van der Waals surface area contributed by atoms with Gasteiger partial charge in [-0.1, -0.05) is 176 Å². The van der Waals surface area contributed by atoms with Gasteiger partial charge < -0.3 is 24.1 Å². The Kier molecular flexibility index (Phi) is 14.2. The van der Waals surface area contributed by atoms with Gasteiger partial charge in [0, 0.05) is 16.9 Å². The maximum absolute atomic E-state index is 12.8. The van der Waals surface area contributed by atoms with Crippen molar-refractivity contribution in [2.24, 2.45) is 5.92 Å². The van der Waals surface area contributed by atoms with Crippen molar-refractivity contribution in [3.8, 4) is 0 Å². The summed E-state index contributed by atoms with van der Waals surface area (Å²) in [6, 6.07) is 55.4. The molecule has 6 aromatic rings. The van der Waals surface area contributed by atoms with Gasteiger partial charge in [0.05, 0.1) is 51.3 Å². The molecule has 6 atom stereocenters. The van der Waals surface area contributed by atoms with Gasteiger partial charge >= 0.3 is 0 Å². The van der Waals surface area contributed by atoms with Crippen molar-refractivity contribution in [1.29, 1.82) is 0 Å². The fraction of sp³-hybridized carbons (Fsp3) is 0.280. The highest BCUT2D eigenvalue weighted by atomic mass is 35.5. The lowest BCUT2D eigenvalue weighted by Gasteiger charge is -2.49. The van der Waals surface area contributed by atoms with Gasteiger partial charge in [0.1, 0.15) is 6.10 Å². The zero-order valence-electron chi connectivity index (χ0n) is 32.0. The summed E-state index contributed by atoms with van der Waals surface area (Å²) in [5.74, 6) is -0.939. The highest BCUT2D eigenvalue weighted by Gasteiger charge is 2.53. The molecule has 1 aliphatic carbocycles. The van der Waals surface area contributed by atoms with Crippen molar-refractivity contribution in [3.05, 3.63) is 213 Å². The summed E-state index contributed by atoms with van der Waals surface area (Å²) >= 11 is 6.92. The minimum atomic E-state index is -0.901. The third-order valence-electron chi connectivity index (χ3n) is 10.8. The Morgan fingerprint density at radius 2 is 0.964 bits per heavy atom. The van der Waals surface area contributed by atoms with Gasteiger partial charge in [-0.3, -0.25) is 0 Å². The van der Waals surface area contributed by atoms with Crippen LogP contribution in [0.5, 0.6) is 0 Å². The number of halogens is 1. The Morgan fingerprint density at radius 3 is 1.48 bits per heavy atom. The van der Waals surface area contributed by atoms with E-state index in [9.17, 15) is 5.11 Å². The Morgan fingerprint density at radius 1 is 0.500 bits per heavy atom. The number of aliphatic hydroxyl groups is 1. The fourth-order valence-electron chi connectivity index (χ4n) is 7.71. The maximum Gasteiger partial charge on any atom is 0.111 e. The first-order chi connectivity index (χ1) is 27.6. The second kappa shape index (κ2) is 20.0. The molecule has 5 nitrogen and oxygen atoms in total. The average molecular weight is 767 g/mol. The van der Waals surface area contributed by atoms with Crippen LogP contribution in [-0.4, -0.2) is 36.1 Å². The summed E-state index contributed by atoms with van der Waals surface area (Å²) in [5, 5.41) is 13.5. The molecule has 1 unspecified atom stereocenters. The van der Waals surface area contributed by atoms with E-state index in [0.29, 0.717) is 37.9 Å². The van der Waals surface area contributed by atoms with E-state index in [4.69, 9.17) is 30.5 Å². The molecule has 0 aromatic heterocycles. The van der Waals surface area contributed by atoms with E-state index in [1.54, 1.807) is 0 Å². The summed E-state index contributed by atoms with van der Waals surface area (Å²) in [6.07, 6.45) is -0.970. The number of ether oxygens (including phenoxy) is 4. The first-order valence-corrected chi connectivity index (χ1v) is 20.1. The molecule has 7 rings (SSSR count). The van der Waals surface area contributed by atoms with Crippen LogP contribution < -0.4 is 0 Å². The molecule has 6 heteroatoms. The summed E-state index contributed by atoms with van der Waals surface area (Å²) in [7, 11) is 0. The van der Waals surface area contributed by atoms with Gasteiger partial charge in [-0.15, -0.1) is 0 Å². The molecule has 1 N–H and O–H groups in total. The molecule has 288 valence electrons. The highest BCUT2D eigenvalue weighted by Crippen LogP contribution is 2.44. The Hall–Kier alpha value is -4.59. The monoisotopic (exact) mass is 766 g/mol. The van der Waals surface area contributed by atoms with Crippen molar-refractivity contribution in [2.45, 2.75) is 76.5 Å². The first-order valence-electron chi connectivity index (χ1n) is 19.7. The summed E-state index contributed by atoms with van der Waals surface area (Å²) in [5.41, 5.74) is 8.56. The van der Waals surface area contributed by atoms with Gasteiger partial charge in [0.2, 0.25) is 0 Å². The molecule has 0 aliphatic heterocycles. The van der Waals surface area contributed by atoms with E-state index in [1.165, 1.54) is 11.1 Å². The third kappa shape index (κ3) is 10.4. The quantitative estimate of drug-likeness (QED) is 0.100. The highest BCUT2D eigenvalue weighted by molar-refractivity contribution is 6.31. The van der Waals surface area contributed by atoms with Crippen LogP contribution in [0.2, 0.25) is 5.02 Å². The van der Waals surface area contributed by atoms with Gasteiger partial charge in [-0.25, -0.2) is 0 Å². The fourth-order valence-corrected chi connectivity index (χ4v) is 7.90. The van der Waals surface area contributed by atoms with Crippen molar-refractivity contribution in [1.82, 2.24) is 0 Å². The van der Waals surface area contributed by atoms with Gasteiger partial charge in [-0.05, 0) is 63.4 Å². The molecule has 0 radical (unpaired) electrons. The minimum absolute atomic E-state index is 0.257. The lowest BCUT2D eigenvalue weighted by atomic mass is 9.70. The van der Waals surface area contributed by atoms with Crippen molar-refractivity contribution in [3.63, 3.8) is 0 Å². The van der Waals surface area contributed by atoms with E-state index in [1.807, 2.05) is 97.1 Å². The number of aryl methyl sites for hydroxylation is 1. The van der Waals surface area contributed by atoms with Crippen LogP contribution >= 0.6 is 11.6 Å². The predicted octanol–water partition coefficient (Wildman–Crippen LogP) is 10.5. The number of aliphatic hydroxyl groups excluding tert-OH is 1. The van der Waals surface area contributed by atoms with Crippen LogP contribution in [-0.2, 0) is 58.2 Å². The summed E-state index contributed by atoms with van der Waals surface area (Å²) < 4.78 is 27.3. The van der Waals surface area contributed by atoms with Crippen LogP contribution in [0.25, 0.3) is 0 Å². The van der Waals surface area contributed by atoms with Crippen LogP contribution in [0.4, 0.5) is 0 Å². The number of hydrogen-bond donors (Lipinski definition) is 1. The van der Waals surface area contributed by atoms with Crippen LogP contribution in [0.15, 0.2) is 164 Å². The molecule has 1 saturated carbocycles. The van der Waals surface area contributed by atoms with E-state index in [2.05, 4.69) is 73.7 Å². The van der Waals surface area contributed by atoms with E-state index >= 15 is 0 Å². The Balaban J connectivity index is 1.28. The van der Waals surface area contributed by atoms with E-state index in [-0.39, 0.29) is 6.61 Å². The summed E-state index contributed by atoms with van der Waals surface area (Å²) in [4.78, 5) is 0. The maximum atomic E-state index is 12.8. The predicted molar refractivity (Wildman–Crippen MR) is 223 cm³/mol. The van der Waals surface area contributed by atoms with Gasteiger partial charge in [0.15, 0.2) is 0 Å². The molecule has 1 aliphatic rings. The second-order valence-electron chi connectivity index (χ2n) is 14.7. The second-order valence-corrected chi connectivity index (χ2v) is 15.1. The van der Waals surface area contributed by atoms with Crippen molar-refractivity contribution >= 4 is 11.6 Å². The minimum Gasteiger partial charge on any atom is -0.392 e. The summed E-state index contributed by atoms with van der Waals surface area (Å²) in [6.45, 7) is 3.86. The average Bonchev–Trinajstić information content (AvgIpc) is 3.25. The molecule has 0 heterocycles. The zero-order valence-corrected chi connectivity index (χ0v) is 32.7. The van der Waals surface area contributed by atoms with Gasteiger partial charge in [-0.2, -0.15) is 0 Å². The molecule has 56 heavy (non-hydrogen) atoms. The van der Waals surface area contributed by atoms with E-state index in [0.717, 1.165) is 39.8 Å².